The SMILES string of the molecule is CCCNc1ncc(F)cc1C(=O)NCC1(OC)CCC1. The third kappa shape index (κ3) is 3.69. The first kappa shape index (κ1) is 15.7. The van der Waals surface area contributed by atoms with Gasteiger partial charge in [-0.15, -0.1) is 0 Å². The van der Waals surface area contributed by atoms with E-state index in [0.717, 1.165) is 31.9 Å². The minimum Gasteiger partial charge on any atom is -0.376 e. The van der Waals surface area contributed by atoms with Crippen molar-refractivity contribution in [1.29, 1.82) is 0 Å². The van der Waals surface area contributed by atoms with Crippen LogP contribution >= 0.6 is 0 Å². The molecule has 21 heavy (non-hydrogen) atoms. The molecule has 1 aromatic rings. The van der Waals surface area contributed by atoms with Gasteiger partial charge in [0.15, 0.2) is 0 Å². The highest BCUT2D eigenvalue weighted by molar-refractivity contribution is 5.98. The number of hydrogen-bond donors (Lipinski definition) is 2. The molecule has 1 amide bonds. The van der Waals surface area contributed by atoms with Crippen LogP contribution in [0.25, 0.3) is 0 Å². The maximum atomic E-state index is 13.4. The first-order valence-corrected chi connectivity index (χ1v) is 7.33. The Bertz CT molecular complexity index is 498. The normalized spacial score (nSPS) is 16.1. The van der Waals surface area contributed by atoms with Crippen LogP contribution in [0, 0.1) is 5.82 Å². The summed E-state index contributed by atoms with van der Waals surface area (Å²) < 4.78 is 18.8. The largest absolute Gasteiger partial charge is 0.376 e. The fourth-order valence-corrected chi connectivity index (χ4v) is 2.36. The third-order valence-corrected chi connectivity index (χ3v) is 3.91. The van der Waals surface area contributed by atoms with Gasteiger partial charge in [-0.3, -0.25) is 4.79 Å². The number of carbonyl (C=O) groups is 1. The molecule has 116 valence electrons. The molecule has 0 radical (unpaired) electrons. The van der Waals surface area contributed by atoms with Crippen LogP contribution in [0.1, 0.15) is 43.0 Å². The molecule has 1 aliphatic carbocycles. The van der Waals surface area contributed by atoms with Crippen LogP contribution < -0.4 is 10.6 Å². The summed E-state index contributed by atoms with van der Waals surface area (Å²) in [4.78, 5) is 16.2. The van der Waals surface area contributed by atoms with Crippen molar-refractivity contribution in [3.8, 4) is 0 Å². The lowest BCUT2D eigenvalue weighted by atomic mass is 9.80. The molecule has 2 N–H and O–H groups in total. The summed E-state index contributed by atoms with van der Waals surface area (Å²) in [6.45, 7) is 3.13. The van der Waals surface area contributed by atoms with E-state index in [1.54, 1.807) is 7.11 Å². The van der Waals surface area contributed by atoms with Crippen molar-refractivity contribution in [2.24, 2.45) is 0 Å². The summed E-state index contributed by atoms with van der Waals surface area (Å²) in [6.07, 6.45) is 4.98. The number of ether oxygens (including phenoxy) is 1. The maximum Gasteiger partial charge on any atom is 0.255 e. The second-order valence-corrected chi connectivity index (χ2v) is 5.40. The minimum absolute atomic E-state index is 0.231. The van der Waals surface area contributed by atoms with Crippen LogP contribution in [0.4, 0.5) is 10.2 Å². The number of hydrogen-bond acceptors (Lipinski definition) is 4. The number of nitrogens with zero attached hydrogens (tertiary/aromatic N) is 1. The first-order chi connectivity index (χ1) is 10.1. The summed E-state index contributed by atoms with van der Waals surface area (Å²) in [6, 6.07) is 1.21. The molecule has 0 unspecified atom stereocenters. The van der Waals surface area contributed by atoms with Crippen molar-refractivity contribution >= 4 is 11.7 Å². The highest BCUT2D eigenvalue weighted by Crippen LogP contribution is 2.34. The summed E-state index contributed by atoms with van der Waals surface area (Å²) >= 11 is 0. The Morgan fingerprint density at radius 2 is 2.29 bits per heavy atom. The van der Waals surface area contributed by atoms with Crippen molar-refractivity contribution in [3.63, 3.8) is 0 Å². The van der Waals surface area contributed by atoms with Gasteiger partial charge >= 0.3 is 0 Å². The molecule has 0 aromatic carbocycles. The number of methoxy groups -OCH3 is 1. The predicted molar refractivity (Wildman–Crippen MR) is 78.9 cm³/mol. The molecular formula is C15H22FN3O2. The number of halogens is 1. The van der Waals surface area contributed by atoms with Gasteiger partial charge in [0.2, 0.25) is 0 Å². The van der Waals surface area contributed by atoms with E-state index in [2.05, 4.69) is 15.6 Å². The molecule has 0 bridgehead atoms. The zero-order valence-electron chi connectivity index (χ0n) is 12.5. The van der Waals surface area contributed by atoms with E-state index in [4.69, 9.17) is 4.74 Å². The molecular weight excluding hydrogens is 273 g/mol. The Labute approximate surface area is 124 Å². The standard InChI is InChI=1S/C15H22FN3O2/c1-3-7-17-13-12(8-11(16)9-18-13)14(20)19-10-15(21-2)5-4-6-15/h8-9H,3-7,10H2,1-2H3,(H,17,18)(H,19,20). The quantitative estimate of drug-likeness (QED) is 0.810. The molecule has 0 atom stereocenters. The number of nitrogens with one attached hydrogen (secondary N) is 2. The van der Waals surface area contributed by atoms with Gasteiger partial charge in [0, 0.05) is 20.2 Å². The fraction of sp³-hybridized carbons (Fsp3) is 0.600. The van der Waals surface area contributed by atoms with Crippen LogP contribution in [-0.4, -0.2) is 36.7 Å². The molecule has 0 aliphatic heterocycles. The molecule has 1 aliphatic rings. The van der Waals surface area contributed by atoms with E-state index in [1.165, 1.54) is 6.07 Å². The van der Waals surface area contributed by atoms with E-state index >= 15 is 0 Å². The van der Waals surface area contributed by atoms with Crippen LogP contribution in [-0.2, 0) is 4.74 Å². The van der Waals surface area contributed by atoms with Gasteiger partial charge in [0.05, 0.1) is 17.4 Å². The average Bonchev–Trinajstić information content (AvgIpc) is 2.45. The van der Waals surface area contributed by atoms with E-state index in [9.17, 15) is 9.18 Å². The highest BCUT2D eigenvalue weighted by atomic mass is 19.1. The van der Waals surface area contributed by atoms with Crippen LogP contribution in [0.2, 0.25) is 0 Å². The molecule has 6 heteroatoms. The number of pyridine rings is 1. The Morgan fingerprint density at radius 3 is 2.86 bits per heavy atom. The van der Waals surface area contributed by atoms with Gasteiger partial charge in [0.1, 0.15) is 11.6 Å². The maximum absolute atomic E-state index is 13.4. The van der Waals surface area contributed by atoms with Crippen LogP contribution in [0.5, 0.6) is 0 Å². The van der Waals surface area contributed by atoms with Gasteiger partial charge < -0.3 is 15.4 Å². The topological polar surface area (TPSA) is 63.2 Å². The third-order valence-electron chi connectivity index (χ3n) is 3.91. The van der Waals surface area contributed by atoms with Crippen molar-refractivity contribution in [3.05, 3.63) is 23.6 Å². The number of amides is 1. The van der Waals surface area contributed by atoms with E-state index < -0.39 is 5.82 Å². The van der Waals surface area contributed by atoms with Gasteiger partial charge in [-0.05, 0) is 31.7 Å². The Morgan fingerprint density at radius 1 is 1.52 bits per heavy atom. The van der Waals surface area contributed by atoms with Crippen LogP contribution in [0.15, 0.2) is 12.3 Å². The zero-order valence-corrected chi connectivity index (χ0v) is 12.5. The summed E-state index contributed by atoms with van der Waals surface area (Å²) in [5.74, 6) is -0.438. The number of carbonyl (C=O) groups excluding carboxylic acids is 1. The van der Waals surface area contributed by atoms with Crippen molar-refractivity contribution in [2.45, 2.75) is 38.2 Å². The van der Waals surface area contributed by atoms with Crippen molar-refractivity contribution < 1.29 is 13.9 Å². The predicted octanol–water partition coefficient (Wildman–Crippen LogP) is 2.34. The summed E-state index contributed by atoms with van der Waals surface area (Å²) in [7, 11) is 1.66. The van der Waals surface area contributed by atoms with E-state index in [1.807, 2.05) is 6.92 Å². The fourth-order valence-electron chi connectivity index (χ4n) is 2.36. The molecule has 1 aromatic heterocycles. The molecule has 0 spiro atoms. The summed E-state index contributed by atoms with van der Waals surface area (Å²) in [5.41, 5.74) is -0.0259. The first-order valence-electron chi connectivity index (χ1n) is 7.33. The Balaban J connectivity index is 2.05. The zero-order chi connectivity index (χ0) is 15.3. The summed E-state index contributed by atoms with van der Waals surface area (Å²) in [5, 5.41) is 5.87. The Kier molecular flexibility index (Phi) is 5.12. The number of anilines is 1. The average molecular weight is 295 g/mol. The second-order valence-electron chi connectivity index (χ2n) is 5.40. The lowest BCUT2D eigenvalue weighted by Gasteiger charge is -2.40. The monoisotopic (exact) mass is 295 g/mol. The van der Waals surface area contributed by atoms with Gasteiger partial charge in [-0.25, -0.2) is 9.37 Å². The van der Waals surface area contributed by atoms with Crippen LogP contribution in [0.3, 0.4) is 0 Å². The second kappa shape index (κ2) is 6.85. The molecule has 5 nitrogen and oxygen atoms in total. The Hall–Kier alpha value is -1.69. The number of aromatic nitrogens is 1. The van der Waals surface area contributed by atoms with Gasteiger partial charge in [-0.2, -0.15) is 0 Å². The molecule has 1 fully saturated rings. The molecule has 1 heterocycles. The lowest BCUT2D eigenvalue weighted by Crippen LogP contribution is -2.49. The lowest BCUT2D eigenvalue weighted by molar-refractivity contribution is -0.0679. The molecule has 0 saturated heterocycles. The van der Waals surface area contributed by atoms with E-state index in [-0.39, 0.29) is 17.1 Å². The van der Waals surface area contributed by atoms with Gasteiger partial charge in [-0.1, -0.05) is 6.92 Å². The molecule has 2 rings (SSSR count). The smallest absolute Gasteiger partial charge is 0.255 e. The van der Waals surface area contributed by atoms with Crippen molar-refractivity contribution in [2.75, 3.05) is 25.5 Å². The van der Waals surface area contributed by atoms with E-state index in [0.29, 0.717) is 18.9 Å². The molecule has 1 saturated carbocycles. The number of rotatable bonds is 7. The van der Waals surface area contributed by atoms with Crippen molar-refractivity contribution in [1.82, 2.24) is 10.3 Å². The minimum atomic E-state index is -0.521. The van der Waals surface area contributed by atoms with Gasteiger partial charge in [0.25, 0.3) is 5.91 Å². The highest BCUT2D eigenvalue weighted by Gasteiger charge is 2.37.